The number of hydrogen-bond donors (Lipinski definition) is 0. The molecule has 0 aliphatic carbocycles. The molecular weight excluding hydrogens is 357 g/mol. The summed E-state index contributed by atoms with van der Waals surface area (Å²) in [6.45, 7) is -1.09. The maximum atomic E-state index is 13.3. The highest BCUT2D eigenvalue weighted by Crippen LogP contribution is 2.26. The molecule has 8 heteroatoms. The van der Waals surface area contributed by atoms with E-state index in [1.807, 2.05) is 6.07 Å². The number of imidazole rings is 1. The Morgan fingerprint density at radius 2 is 1.78 bits per heavy atom. The second-order valence-corrected chi connectivity index (χ2v) is 5.87. The van der Waals surface area contributed by atoms with E-state index in [1.165, 1.54) is 24.4 Å². The zero-order valence-corrected chi connectivity index (χ0v) is 14.1. The summed E-state index contributed by atoms with van der Waals surface area (Å²) in [5.74, 6) is -0.470. The van der Waals surface area contributed by atoms with Crippen LogP contribution in [-0.2, 0) is 0 Å². The summed E-state index contributed by atoms with van der Waals surface area (Å²) in [5, 5.41) is 0. The molecule has 1 aromatic carbocycles. The number of nitrogens with zero attached hydrogens (tertiary/aromatic N) is 4. The second-order valence-electron chi connectivity index (χ2n) is 5.87. The Hall–Kier alpha value is -3.42. The molecule has 0 radical (unpaired) electrons. The predicted octanol–water partition coefficient (Wildman–Crippen LogP) is 4.53. The van der Waals surface area contributed by atoms with Crippen LogP contribution >= 0.6 is 0 Å². The van der Waals surface area contributed by atoms with E-state index < -0.39 is 12.6 Å². The van der Waals surface area contributed by atoms with Crippen LogP contribution in [0.1, 0.15) is 5.56 Å². The SMILES string of the molecule is Cc1cc(F)ncc1-c1cc2c(cn1)ncn2-c1ccc(OC(F)F)cc1. The normalized spacial score (nSPS) is 11.3. The minimum atomic E-state index is -2.87. The molecule has 4 rings (SSSR count). The van der Waals surface area contributed by atoms with Crippen molar-refractivity contribution in [2.24, 2.45) is 0 Å². The number of halogens is 3. The van der Waals surface area contributed by atoms with Gasteiger partial charge in [0, 0.05) is 17.4 Å². The third-order valence-electron chi connectivity index (χ3n) is 4.13. The molecule has 0 N–H and O–H groups in total. The van der Waals surface area contributed by atoms with Gasteiger partial charge in [-0.05, 0) is 48.9 Å². The first kappa shape index (κ1) is 17.0. The number of fused-ring (bicyclic) bond motifs is 1. The molecular formula is C19H13F3N4O. The minimum absolute atomic E-state index is 0.0773. The molecule has 0 saturated heterocycles. The highest BCUT2D eigenvalue weighted by Gasteiger charge is 2.11. The summed E-state index contributed by atoms with van der Waals surface area (Å²) in [5.41, 5.74) is 4.23. The van der Waals surface area contributed by atoms with Gasteiger partial charge in [0.25, 0.3) is 0 Å². The van der Waals surface area contributed by atoms with Gasteiger partial charge in [0.05, 0.1) is 17.4 Å². The maximum Gasteiger partial charge on any atom is 0.387 e. The third-order valence-corrected chi connectivity index (χ3v) is 4.13. The number of alkyl halides is 2. The van der Waals surface area contributed by atoms with Crippen LogP contribution < -0.4 is 4.74 Å². The van der Waals surface area contributed by atoms with Crippen LogP contribution in [0.3, 0.4) is 0 Å². The standard InChI is InChI=1S/C19H13F3N4O/c1-11-6-18(20)24-8-14(11)15-7-17-16(9-23-15)25-10-26(17)12-2-4-13(5-3-12)27-19(21)22/h2-10,19H,1H3. The average Bonchev–Trinajstić information content (AvgIpc) is 3.05. The van der Waals surface area contributed by atoms with E-state index in [2.05, 4.69) is 19.7 Å². The molecule has 0 aliphatic heterocycles. The summed E-state index contributed by atoms with van der Waals surface area (Å²) in [4.78, 5) is 12.4. The van der Waals surface area contributed by atoms with Crippen molar-refractivity contribution < 1.29 is 17.9 Å². The van der Waals surface area contributed by atoms with Crippen LogP contribution in [0.5, 0.6) is 5.75 Å². The second kappa shape index (κ2) is 6.71. The summed E-state index contributed by atoms with van der Waals surface area (Å²) >= 11 is 0. The van der Waals surface area contributed by atoms with Gasteiger partial charge in [-0.1, -0.05) is 0 Å². The van der Waals surface area contributed by atoms with Crippen molar-refractivity contribution in [1.29, 1.82) is 0 Å². The predicted molar refractivity (Wildman–Crippen MR) is 93.4 cm³/mol. The van der Waals surface area contributed by atoms with E-state index in [0.717, 1.165) is 11.2 Å². The van der Waals surface area contributed by atoms with Gasteiger partial charge in [0.1, 0.15) is 17.6 Å². The fourth-order valence-electron chi connectivity index (χ4n) is 2.84. The van der Waals surface area contributed by atoms with Gasteiger partial charge in [-0.25, -0.2) is 9.97 Å². The van der Waals surface area contributed by atoms with Gasteiger partial charge in [0.2, 0.25) is 5.95 Å². The number of rotatable bonds is 4. The number of aryl methyl sites for hydroxylation is 1. The van der Waals surface area contributed by atoms with Gasteiger partial charge < -0.3 is 4.74 Å². The first-order chi connectivity index (χ1) is 13.0. The molecule has 0 spiro atoms. The molecule has 0 atom stereocenters. The van der Waals surface area contributed by atoms with Crippen LogP contribution in [0, 0.1) is 12.9 Å². The zero-order chi connectivity index (χ0) is 19.0. The van der Waals surface area contributed by atoms with Crippen molar-refractivity contribution >= 4 is 11.0 Å². The highest BCUT2D eigenvalue weighted by molar-refractivity contribution is 5.81. The zero-order valence-electron chi connectivity index (χ0n) is 14.1. The van der Waals surface area contributed by atoms with Gasteiger partial charge in [-0.3, -0.25) is 9.55 Å². The fourth-order valence-corrected chi connectivity index (χ4v) is 2.84. The van der Waals surface area contributed by atoms with Crippen molar-refractivity contribution in [2.75, 3.05) is 0 Å². The molecule has 0 saturated carbocycles. The lowest BCUT2D eigenvalue weighted by molar-refractivity contribution is -0.0498. The van der Waals surface area contributed by atoms with E-state index in [0.29, 0.717) is 22.3 Å². The van der Waals surface area contributed by atoms with Gasteiger partial charge in [0.15, 0.2) is 0 Å². The van der Waals surface area contributed by atoms with Crippen LogP contribution in [0.15, 0.2) is 55.1 Å². The van der Waals surface area contributed by atoms with Crippen molar-refractivity contribution in [1.82, 2.24) is 19.5 Å². The Labute approximate surface area is 152 Å². The summed E-state index contributed by atoms with van der Waals surface area (Å²) < 4.78 is 44.0. The fraction of sp³-hybridized carbons (Fsp3) is 0.105. The minimum Gasteiger partial charge on any atom is -0.435 e. The number of benzene rings is 1. The Balaban J connectivity index is 1.76. The van der Waals surface area contributed by atoms with Crippen molar-refractivity contribution in [3.05, 3.63) is 66.6 Å². The first-order valence-electron chi connectivity index (χ1n) is 8.02. The van der Waals surface area contributed by atoms with E-state index >= 15 is 0 Å². The topological polar surface area (TPSA) is 52.8 Å². The first-order valence-corrected chi connectivity index (χ1v) is 8.02. The van der Waals surface area contributed by atoms with Crippen LogP contribution in [0.4, 0.5) is 13.2 Å². The van der Waals surface area contributed by atoms with Crippen molar-refractivity contribution in [3.8, 4) is 22.7 Å². The van der Waals surface area contributed by atoms with Crippen molar-refractivity contribution in [2.45, 2.75) is 13.5 Å². The molecule has 3 aromatic heterocycles. The van der Waals surface area contributed by atoms with E-state index in [4.69, 9.17) is 0 Å². The van der Waals surface area contributed by atoms with Crippen LogP contribution in [0.2, 0.25) is 0 Å². The smallest absolute Gasteiger partial charge is 0.387 e. The number of ether oxygens (including phenoxy) is 1. The quantitative estimate of drug-likeness (QED) is 0.495. The lowest BCUT2D eigenvalue weighted by atomic mass is 10.1. The average molecular weight is 370 g/mol. The van der Waals surface area contributed by atoms with Crippen LogP contribution in [-0.4, -0.2) is 26.1 Å². The maximum absolute atomic E-state index is 13.3. The summed E-state index contributed by atoms with van der Waals surface area (Å²) in [6, 6.07) is 9.41. The van der Waals surface area contributed by atoms with E-state index in [9.17, 15) is 13.2 Å². The Kier molecular flexibility index (Phi) is 4.23. The lowest BCUT2D eigenvalue weighted by Gasteiger charge is -2.09. The molecule has 0 amide bonds. The molecule has 3 heterocycles. The highest BCUT2D eigenvalue weighted by atomic mass is 19.3. The number of pyridine rings is 2. The number of aromatic nitrogens is 4. The molecule has 5 nitrogen and oxygen atoms in total. The molecule has 4 aromatic rings. The largest absolute Gasteiger partial charge is 0.435 e. The number of hydrogen-bond acceptors (Lipinski definition) is 4. The molecule has 0 bridgehead atoms. The van der Waals surface area contributed by atoms with Gasteiger partial charge in [-0.15, -0.1) is 0 Å². The lowest BCUT2D eigenvalue weighted by Crippen LogP contribution is -2.02. The Morgan fingerprint density at radius 3 is 2.48 bits per heavy atom. The van der Waals surface area contributed by atoms with E-state index in [-0.39, 0.29) is 5.75 Å². The Morgan fingerprint density at radius 1 is 1.00 bits per heavy atom. The van der Waals surface area contributed by atoms with Crippen LogP contribution in [0.25, 0.3) is 28.0 Å². The molecule has 27 heavy (non-hydrogen) atoms. The monoisotopic (exact) mass is 370 g/mol. The third kappa shape index (κ3) is 3.33. The summed E-state index contributed by atoms with van der Waals surface area (Å²) in [7, 11) is 0. The van der Waals surface area contributed by atoms with Gasteiger partial charge in [-0.2, -0.15) is 13.2 Å². The molecule has 0 aliphatic rings. The molecule has 0 fully saturated rings. The van der Waals surface area contributed by atoms with Crippen molar-refractivity contribution in [3.63, 3.8) is 0 Å². The molecule has 0 unspecified atom stereocenters. The Bertz CT molecular complexity index is 1110. The molecule has 136 valence electrons. The van der Waals surface area contributed by atoms with Gasteiger partial charge >= 0.3 is 6.61 Å². The van der Waals surface area contributed by atoms with E-state index in [1.54, 1.807) is 36.1 Å². The summed E-state index contributed by atoms with van der Waals surface area (Å²) in [6.07, 6.45) is 4.68.